The Morgan fingerprint density at radius 1 is 1.38 bits per heavy atom. The summed E-state index contributed by atoms with van der Waals surface area (Å²) < 4.78 is 0. The van der Waals surface area contributed by atoms with E-state index in [-0.39, 0.29) is 0 Å². The maximum atomic E-state index is 10.3. The first-order valence-electron chi connectivity index (χ1n) is 5.37. The molecule has 1 heteroatoms. The highest BCUT2D eigenvalue weighted by molar-refractivity contribution is 5.09. The predicted octanol–water partition coefficient (Wildman–Crippen LogP) is 3.00. The van der Waals surface area contributed by atoms with Crippen LogP contribution in [-0.4, -0.2) is 10.7 Å². The standard InChI is InChI=1S/C12H22O/c1-9(2)11(4)12(13)7-5-10(3)6-8-12/h5,7,9-11,13H,6,8H2,1-4H3. The van der Waals surface area contributed by atoms with Crippen molar-refractivity contribution in [2.75, 3.05) is 0 Å². The molecule has 13 heavy (non-hydrogen) atoms. The van der Waals surface area contributed by atoms with Gasteiger partial charge in [-0.05, 0) is 30.6 Å². The van der Waals surface area contributed by atoms with Crippen molar-refractivity contribution in [3.05, 3.63) is 12.2 Å². The Labute approximate surface area is 81.9 Å². The second kappa shape index (κ2) is 3.83. The highest BCUT2D eigenvalue weighted by Gasteiger charge is 2.34. The van der Waals surface area contributed by atoms with Crippen LogP contribution in [0.4, 0.5) is 0 Å². The van der Waals surface area contributed by atoms with Gasteiger partial charge >= 0.3 is 0 Å². The summed E-state index contributed by atoms with van der Waals surface area (Å²) in [4.78, 5) is 0. The number of allylic oxidation sites excluding steroid dienone is 1. The van der Waals surface area contributed by atoms with Crippen LogP contribution in [-0.2, 0) is 0 Å². The van der Waals surface area contributed by atoms with E-state index >= 15 is 0 Å². The van der Waals surface area contributed by atoms with Crippen molar-refractivity contribution < 1.29 is 5.11 Å². The second-order valence-electron chi connectivity index (χ2n) is 4.90. The van der Waals surface area contributed by atoms with Gasteiger partial charge in [0.15, 0.2) is 0 Å². The van der Waals surface area contributed by atoms with Gasteiger partial charge in [-0.3, -0.25) is 0 Å². The van der Waals surface area contributed by atoms with E-state index < -0.39 is 5.60 Å². The van der Waals surface area contributed by atoms with Crippen LogP contribution in [0.3, 0.4) is 0 Å². The maximum Gasteiger partial charge on any atom is 0.0855 e. The van der Waals surface area contributed by atoms with Gasteiger partial charge in [-0.2, -0.15) is 0 Å². The lowest BCUT2D eigenvalue weighted by atomic mass is 9.74. The van der Waals surface area contributed by atoms with Crippen molar-refractivity contribution >= 4 is 0 Å². The molecule has 3 unspecified atom stereocenters. The topological polar surface area (TPSA) is 20.2 Å². The molecule has 0 radical (unpaired) electrons. The van der Waals surface area contributed by atoms with Gasteiger partial charge in [-0.25, -0.2) is 0 Å². The molecule has 0 heterocycles. The molecule has 0 amide bonds. The highest BCUT2D eigenvalue weighted by atomic mass is 16.3. The minimum Gasteiger partial charge on any atom is -0.386 e. The Bertz CT molecular complexity index is 195. The number of aliphatic hydroxyl groups is 1. The van der Waals surface area contributed by atoms with Crippen molar-refractivity contribution in [2.24, 2.45) is 17.8 Å². The Balaban J connectivity index is 2.71. The summed E-state index contributed by atoms with van der Waals surface area (Å²) in [5.74, 6) is 1.54. The Kier molecular flexibility index (Phi) is 3.18. The second-order valence-corrected chi connectivity index (χ2v) is 4.90. The Morgan fingerprint density at radius 2 is 2.00 bits per heavy atom. The molecule has 0 aromatic carbocycles. The average Bonchev–Trinajstić information content (AvgIpc) is 2.09. The lowest BCUT2D eigenvalue weighted by molar-refractivity contribution is -0.000836. The third-order valence-electron chi connectivity index (χ3n) is 3.50. The van der Waals surface area contributed by atoms with Gasteiger partial charge in [0.1, 0.15) is 0 Å². The van der Waals surface area contributed by atoms with Crippen LogP contribution >= 0.6 is 0 Å². The smallest absolute Gasteiger partial charge is 0.0855 e. The van der Waals surface area contributed by atoms with Crippen LogP contribution in [0, 0.1) is 17.8 Å². The molecule has 0 spiro atoms. The summed E-state index contributed by atoms with van der Waals surface area (Å²) in [6.45, 7) is 8.70. The van der Waals surface area contributed by atoms with Crippen LogP contribution in [0.5, 0.6) is 0 Å². The molecule has 0 saturated heterocycles. The van der Waals surface area contributed by atoms with E-state index in [9.17, 15) is 5.11 Å². The molecule has 0 bridgehead atoms. The van der Waals surface area contributed by atoms with Crippen LogP contribution < -0.4 is 0 Å². The first kappa shape index (κ1) is 10.8. The van der Waals surface area contributed by atoms with Crippen molar-refractivity contribution in [1.82, 2.24) is 0 Å². The maximum absolute atomic E-state index is 10.3. The normalized spacial score (nSPS) is 36.6. The quantitative estimate of drug-likeness (QED) is 0.651. The fourth-order valence-electron chi connectivity index (χ4n) is 1.93. The lowest BCUT2D eigenvalue weighted by Crippen LogP contribution is -2.39. The van der Waals surface area contributed by atoms with Crippen LogP contribution in [0.2, 0.25) is 0 Å². The van der Waals surface area contributed by atoms with Gasteiger partial charge < -0.3 is 5.11 Å². The molecule has 0 saturated carbocycles. The van der Waals surface area contributed by atoms with Gasteiger partial charge in [0, 0.05) is 0 Å². The lowest BCUT2D eigenvalue weighted by Gasteiger charge is -2.37. The van der Waals surface area contributed by atoms with Crippen molar-refractivity contribution in [3.63, 3.8) is 0 Å². The van der Waals surface area contributed by atoms with E-state index in [1.807, 2.05) is 6.08 Å². The van der Waals surface area contributed by atoms with Gasteiger partial charge in [0.05, 0.1) is 5.60 Å². The zero-order valence-electron chi connectivity index (χ0n) is 9.25. The molecule has 1 aliphatic rings. The van der Waals surface area contributed by atoms with Gasteiger partial charge in [-0.1, -0.05) is 39.8 Å². The minimum atomic E-state index is -0.541. The van der Waals surface area contributed by atoms with Gasteiger partial charge in [0.2, 0.25) is 0 Å². The summed E-state index contributed by atoms with van der Waals surface area (Å²) >= 11 is 0. The van der Waals surface area contributed by atoms with Crippen molar-refractivity contribution in [2.45, 2.75) is 46.1 Å². The van der Waals surface area contributed by atoms with Crippen molar-refractivity contribution in [1.29, 1.82) is 0 Å². The average molecular weight is 182 g/mol. The molecular weight excluding hydrogens is 160 g/mol. The van der Waals surface area contributed by atoms with E-state index in [1.54, 1.807) is 0 Å². The summed E-state index contributed by atoms with van der Waals surface area (Å²) in [7, 11) is 0. The highest BCUT2D eigenvalue weighted by Crippen LogP contribution is 2.35. The fourth-order valence-corrected chi connectivity index (χ4v) is 1.93. The van der Waals surface area contributed by atoms with Crippen molar-refractivity contribution in [3.8, 4) is 0 Å². The molecule has 0 aromatic rings. The molecule has 1 aliphatic carbocycles. The summed E-state index contributed by atoms with van der Waals surface area (Å²) in [5.41, 5.74) is -0.541. The number of hydrogen-bond acceptors (Lipinski definition) is 1. The Hall–Kier alpha value is -0.300. The number of hydrogen-bond donors (Lipinski definition) is 1. The first-order valence-corrected chi connectivity index (χ1v) is 5.37. The monoisotopic (exact) mass is 182 g/mol. The first-order chi connectivity index (χ1) is 5.96. The summed E-state index contributed by atoms with van der Waals surface area (Å²) in [6.07, 6.45) is 6.21. The van der Waals surface area contributed by atoms with Gasteiger partial charge in [-0.15, -0.1) is 0 Å². The van der Waals surface area contributed by atoms with Crippen LogP contribution in [0.1, 0.15) is 40.5 Å². The third-order valence-corrected chi connectivity index (χ3v) is 3.50. The SMILES string of the molecule is CC1C=CC(O)(C(C)C(C)C)CC1. The third kappa shape index (κ3) is 2.34. The zero-order valence-corrected chi connectivity index (χ0v) is 9.25. The zero-order chi connectivity index (χ0) is 10.1. The molecule has 0 aromatic heterocycles. The largest absolute Gasteiger partial charge is 0.386 e. The van der Waals surface area contributed by atoms with E-state index in [4.69, 9.17) is 0 Å². The number of rotatable bonds is 2. The Morgan fingerprint density at radius 3 is 2.38 bits per heavy atom. The van der Waals surface area contributed by atoms with E-state index in [0.29, 0.717) is 17.8 Å². The van der Waals surface area contributed by atoms with E-state index in [0.717, 1.165) is 12.8 Å². The van der Waals surface area contributed by atoms with Crippen LogP contribution in [0.25, 0.3) is 0 Å². The molecular formula is C12H22O. The molecule has 1 nitrogen and oxygen atoms in total. The van der Waals surface area contributed by atoms with E-state index in [1.165, 1.54) is 0 Å². The predicted molar refractivity (Wildman–Crippen MR) is 56.5 cm³/mol. The summed E-state index contributed by atoms with van der Waals surface area (Å²) in [6, 6.07) is 0. The molecule has 0 aliphatic heterocycles. The molecule has 3 atom stereocenters. The summed E-state index contributed by atoms with van der Waals surface area (Å²) in [5, 5.41) is 10.3. The molecule has 1 N–H and O–H groups in total. The fraction of sp³-hybridized carbons (Fsp3) is 0.833. The minimum absolute atomic E-state index is 0.358. The molecule has 1 rings (SSSR count). The molecule has 0 fully saturated rings. The van der Waals surface area contributed by atoms with E-state index in [2.05, 4.69) is 33.8 Å². The van der Waals surface area contributed by atoms with Crippen LogP contribution in [0.15, 0.2) is 12.2 Å². The van der Waals surface area contributed by atoms with Gasteiger partial charge in [0.25, 0.3) is 0 Å². The molecule has 76 valence electrons.